The van der Waals surface area contributed by atoms with Gasteiger partial charge in [0.25, 0.3) is 0 Å². The summed E-state index contributed by atoms with van der Waals surface area (Å²) in [4.78, 5) is 0. The number of aromatic nitrogens is 2. The van der Waals surface area contributed by atoms with E-state index in [1.807, 2.05) is 28.9 Å². The van der Waals surface area contributed by atoms with E-state index >= 15 is 0 Å². The Labute approximate surface area is 112 Å². The minimum Gasteiger partial charge on any atom is -0.373 e. The maximum atomic E-state index is 5.88. The second-order valence-corrected chi connectivity index (χ2v) is 5.12. The molecule has 3 nitrogen and oxygen atoms in total. The molecular formula is C12H10BrClN2O. The quantitative estimate of drug-likeness (QED) is 0.806. The molecule has 88 valence electrons. The fraction of sp³-hybridized carbons (Fsp3) is 0.250. The van der Waals surface area contributed by atoms with Gasteiger partial charge in [0.2, 0.25) is 0 Å². The third-order valence-electron chi connectivity index (χ3n) is 2.80. The molecule has 0 atom stereocenters. The van der Waals surface area contributed by atoms with E-state index in [0.29, 0.717) is 6.61 Å². The lowest BCUT2D eigenvalue weighted by atomic mass is 10.1. The molecule has 0 radical (unpaired) electrons. The lowest BCUT2D eigenvalue weighted by Gasteiger charge is -2.13. The number of hydrogen-bond donors (Lipinski definition) is 0. The van der Waals surface area contributed by atoms with Crippen molar-refractivity contribution in [2.24, 2.45) is 0 Å². The van der Waals surface area contributed by atoms with Crippen molar-refractivity contribution >= 4 is 27.5 Å². The Balaban J connectivity index is 2.09. The highest BCUT2D eigenvalue weighted by Crippen LogP contribution is 2.32. The molecule has 0 fully saturated rings. The Morgan fingerprint density at radius 3 is 2.76 bits per heavy atom. The first-order valence-corrected chi connectivity index (χ1v) is 6.51. The van der Waals surface area contributed by atoms with E-state index in [1.165, 1.54) is 0 Å². The largest absolute Gasteiger partial charge is 0.373 e. The van der Waals surface area contributed by atoms with Gasteiger partial charge in [-0.05, 0) is 28.1 Å². The molecular weight excluding hydrogens is 304 g/mol. The minimum atomic E-state index is 0.612. The molecule has 0 bridgehead atoms. The summed E-state index contributed by atoms with van der Waals surface area (Å²) >= 11 is 9.48. The van der Waals surface area contributed by atoms with Gasteiger partial charge < -0.3 is 4.74 Å². The SMILES string of the molecule is Clc1ccc(-c2nn3c(c2Br)COCC3)cc1. The molecule has 1 aromatic carbocycles. The van der Waals surface area contributed by atoms with Gasteiger partial charge in [0, 0.05) is 10.6 Å². The molecule has 2 heterocycles. The molecule has 0 N–H and O–H groups in total. The molecule has 0 spiro atoms. The Morgan fingerprint density at radius 1 is 1.29 bits per heavy atom. The average molecular weight is 314 g/mol. The average Bonchev–Trinajstić information content (AvgIpc) is 2.69. The van der Waals surface area contributed by atoms with Gasteiger partial charge in [0.1, 0.15) is 5.69 Å². The van der Waals surface area contributed by atoms with Crippen LogP contribution in [0.1, 0.15) is 5.69 Å². The van der Waals surface area contributed by atoms with Crippen molar-refractivity contribution in [1.82, 2.24) is 9.78 Å². The van der Waals surface area contributed by atoms with Crippen molar-refractivity contribution in [1.29, 1.82) is 0 Å². The summed E-state index contributed by atoms with van der Waals surface area (Å²) in [6, 6.07) is 7.70. The monoisotopic (exact) mass is 312 g/mol. The van der Waals surface area contributed by atoms with Crippen LogP contribution in [0, 0.1) is 0 Å². The van der Waals surface area contributed by atoms with Gasteiger partial charge in [0.15, 0.2) is 0 Å². The van der Waals surface area contributed by atoms with Gasteiger partial charge in [0.05, 0.1) is 29.9 Å². The van der Waals surface area contributed by atoms with E-state index in [4.69, 9.17) is 16.3 Å². The van der Waals surface area contributed by atoms with Crippen LogP contribution in [0.15, 0.2) is 28.7 Å². The Kier molecular flexibility index (Phi) is 2.94. The van der Waals surface area contributed by atoms with Crippen LogP contribution in [0.25, 0.3) is 11.3 Å². The number of halogens is 2. The second-order valence-electron chi connectivity index (χ2n) is 3.89. The van der Waals surface area contributed by atoms with Crippen LogP contribution in [-0.2, 0) is 17.9 Å². The van der Waals surface area contributed by atoms with Crippen molar-refractivity contribution in [3.05, 3.63) is 39.5 Å². The summed E-state index contributed by atoms with van der Waals surface area (Å²) in [6.07, 6.45) is 0. The molecule has 1 aromatic heterocycles. The Hall–Kier alpha value is -0.840. The Morgan fingerprint density at radius 2 is 2.06 bits per heavy atom. The summed E-state index contributed by atoms with van der Waals surface area (Å²) in [5, 5.41) is 5.33. The number of hydrogen-bond acceptors (Lipinski definition) is 2. The normalized spacial score (nSPS) is 14.7. The fourth-order valence-corrected chi connectivity index (χ4v) is 2.66. The number of nitrogens with zero attached hydrogens (tertiary/aromatic N) is 2. The van der Waals surface area contributed by atoms with E-state index in [-0.39, 0.29) is 0 Å². The van der Waals surface area contributed by atoms with Gasteiger partial charge in [-0.15, -0.1) is 0 Å². The highest BCUT2D eigenvalue weighted by molar-refractivity contribution is 9.10. The van der Waals surface area contributed by atoms with Crippen LogP contribution < -0.4 is 0 Å². The molecule has 5 heteroatoms. The topological polar surface area (TPSA) is 27.1 Å². The number of fused-ring (bicyclic) bond motifs is 1. The predicted molar refractivity (Wildman–Crippen MR) is 70.0 cm³/mol. The maximum absolute atomic E-state index is 5.88. The highest BCUT2D eigenvalue weighted by Gasteiger charge is 2.19. The van der Waals surface area contributed by atoms with Crippen LogP contribution >= 0.6 is 27.5 Å². The van der Waals surface area contributed by atoms with E-state index in [2.05, 4.69) is 21.0 Å². The second kappa shape index (κ2) is 4.44. The first kappa shape index (κ1) is 11.3. The zero-order valence-corrected chi connectivity index (χ0v) is 11.3. The van der Waals surface area contributed by atoms with E-state index in [0.717, 1.165) is 39.6 Å². The lowest BCUT2D eigenvalue weighted by Crippen LogP contribution is -2.17. The molecule has 0 aliphatic carbocycles. The van der Waals surface area contributed by atoms with Crippen molar-refractivity contribution in [3.8, 4) is 11.3 Å². The summed E-state index contributed by atoms with van der Waals surface area (Å²) in [7, 11) is 0. The first-order valence-electron chi connectivity index (χ1n) is 5.34. The van der Waals surface area contributed by atoms with Crippen molar-refractivity contribution in [3.63, 3.8) is 0 Å². The first-order chi connectivity index (χ1) is 8.25. The Bertz CT molecular complexity index is 550. The minimum absolute atomic E-state index is 0.612. The van der Waals surface area contributed by atoms with Gasteiger partial charge in [-0.2, -0.15) is 5.10 Å². The zero-order chi connectivity index (χ0) is 11.8. The number of benzene rings is 1. The molecule has 0 saturated carbocycles. The van der Waals surface area contributed by atoms with Gasteiger partial charge in [-0.3, -0.25) is 4.68 Å². The van der Waals surface area contributed by atoms with E-state index in [9.17, 15) is 0 Å². The summed E-state index contributed by atoms with van der Waals surface area (Å²) in [5.74, 6) is 0. The van der Waals surface area contributed by atoms with Crippen LogP contribution in [-0.4, -0.2) is 16.4 Å². The molecule has 17 heavy (non-hydrogen) atoms. The number of ether oxygens (including phenoxy) is 1. The van der Waals surface area contributed by atoms with Gasteiger partial charge in [-0.1, -0.05) is 23.7 Å². The molecule has 1 aliphatic heterocycles. The maximum Gasteiger partial charge on any atom is 0.107 e. The lowest BCUT2D eigenvalue weighted by molar-refractivity contribution is 0.0796. The third kappa shape index (κ3) is 2.01. The summed E-state index contributed by atoms with van der Waals surface area (Å²) in [5.41, 5.74) is 3.10. The molecule has 0 saturated heterocycles. The predicted octanol–water partition coefficient (Wildman–Crippen LogP) is 3.50. The molecule has 2 aromatic rings. The van der Waals surface area contributed by atoms with E-state index < -0.39 is 0 Å². The molecule has 0 unspecified atom stereocenters. The fourth-order valence-electron chi connectivity index (χ4n) is 1.91. The van der Waals surface area contributed by atoms with Crippen LogP contribution in [0.3, 0.4) is 0 Å². The third-order valence-corrected chi connectivity index (χ3v) is 3.88. The standard InChI is InChI=1S/C12H10BrClN2O/c13-11-10-7-17-6-5-16(10)15-12(11)8-1-3-9(14)4-2-8/h1-4H,5-7H2. The van der Waals surface area contributed by atoms with E-state index in [1.54, 1.807) is 0 Å². The van der Waals surface area contributed by atoms with Crippen LogP contribution in [0.5, 0.6) is 0 Å². The van der Waals surface area contributed by atoms with Crippen LogP contribution in [0.4, 0.5) is 0 Å². The van der Waals surface area contributed by atoms with Crippen LogP contribution in [0.2, 0.25) is 5.02 Å². The van der Waals surface area contributed by atoms with Crippen molar-refractivity contribution in [2.75, 3.05) is 6.61 Å². The summed E-state index contributed by atoms with van der Waals surface area (Å²) in [6.45, 7) is 2.14. The van der Waals surface area contributed by atoms with Crippen molar-refractivity contribution in [2.45, 2.75) is 13.2 Å². The number of rotatable bonds is 1. The van der Waals surface area contributed by atoms with Gasteiger partial charge >= 0.3 is 0 Å². The summed E-state index contributed by atoms with van der Waals surface area (Å²) < 4.78 is 8.44. The molecule has 3 rings (SSSR count). The zero-order valence-electron chi connectivity index (χ0n) is 8.99. The molecule has 0 amide bonds. The van der Waals surface area contributed by atoms with Crippen molar-refractivity contribution < 1.29 is 4.74 Å². The smallest absolute Gasteiger partial charge is 0.107 e. The van der Waals surface area contributed by atoms with Gasteiger partial charge in [-0.25, -0.2) is 0 Å². The molecule has 1 aliphatic rings. The highest BCUT2D eigenvalue weighted by atomic mass is 79.9.